The van der Waals surface area contributed by atoms with Gasteiger partial charge in [0.25, 0.3) is 0 Å². The number of carbonyl (C=O) groups is 2. The summed E-state index contributed by atoms with van der Waals surface area (Å²) in [4.78, 5) is 23.7. The molecule has 0 aliphatic rings. The van der Waals surface area contributed by atoms with Crippen LogP contribution in [0.25, 0.3) is 0 Å². The van der Waals surface area contributed by atoms with Gasteiger partial charge in [-0.1, -0.05) is 12.1 Å². The Morgan fingerprint density at radius 2 is 1.56 bits per heavy atom. The summed E-state index contributed by atoms with van der Waals surface area (Å²) in [5.74, 6) is -0.778. The second kappa shape index (κ2) is 7.69. The van der Waals surface area contributed by atoms with Crippen LogP contribution in [0.2, 0.25) is 0 Å². The van der Waals surface area contributed by atoms with Gasteiger partial charge >= 0.3 is 6.18 Å². The number of carbonyl (C=O) groups excluding carboxylic acids is 2. The van der Waals surface area contributed by atoms with Gasteiger partial charge in [-0.2, -0.15) is 13.2 Å². The monoisotopic (exact) mass is 352 g/mol. The number of hydrogen-bond donors (Lipinski definition) is 2. The Kier molecular flexibility index (Phi) is 5.63. The summed E-state index contributed by atoms with van der Waals surface area (Å²) in [5, 5.41) is 4.90. The largest absolute Gasteiger partial charge is 0.495 e. The van der Waals surface area contributed by atoms with Crippen molar-refractivity contribution in [1.82, 2.24) is 0 Å². The van der Waals surface area contributed by atoms with E-state index in [1.165, 1.54) is 7.11 Å². The Morgan fingerprint density at radius 3 is 2.16 bits per heavy atom. The van der Waals surface area contributed by atoms with E-state index in [1.54, 1.807) is 24.3 Å². The average Bonchev–Trinajstić information content (AvgIpc) is 2.54. The summed E-state index contributed by atoms with van der Waals surface area (Å²) < 4.78 is 42.5. The second-order valence-corrected chi connectivity index (χ2v) is 5.05. The molecule has 2 aromatic rings. The molecule has 0 fully saturated rings. The lowest BCUT2D eigenvalue weighted by atomic mass is 10.2. The molecule has 2 N–H and O–H groups in total. The molecule has 0 heterocycles. The van der Waals surface area contributed by atoms with Crippen LogP contribution in [0.5, 0.6) is 5.75 Å². The number of ether oxygens (including phenoxy) is 1. The lowest BCUT2D eigenvalue weighted by Gasteiger charge is -2.10. The fourth-order valence-corrected chi connectivity index (χ4v) is 2.04. The molecular formula is C17H15F3N2O3. The van der Waals surface area contributed by atoms with Gasteiger partial charge in [-0.25, -0.2) is 0 Å². The molecule has 8 heteroatoms. The van der Waals surface area contributed by atoms with Crippen LogP contribution >= 0.6 is 0 Å². The molecule has 0 aromatic heterocycles. The number of amides is 2. The zero-order valence-corrected chi connectivity index (χ0v) is 13.2. The van der Waals surface area contributed by atoms with Gasteiger partial charge in [0.2, 0.25) is 11.8 Å². The van der Waals surface area contributed by atoms with Gasteiger partial charge in [-0.05, 0) is 36.4 Å². The van der Waals surface area contributed by atoms with Crippen molar-refractivity contribution in [2.75, 3.05) is 17.7 Å². The Bertz CT molecular complexity index is 758. The number of methoxy groups -OCH3 is 1. The third-order valence-electron chi connectivity index (χ3n) is 3.20. The van der Waals surface area contributed by atoms with E-state index in [-0.39, 0.29) is 5.69 Å². The fraction of sp³-hybridized carbons (Fsp3) is 0.176. The zero-order valence-electron chi connectivity index (χ0n) is 13.2. The second-order valence-electron chi connectivity index (χ2n) is 5.05. The summed E-state index contributed by atoms with van der Waals surface area (Å²) in [7, 11) is 1.45. The van der Waals surface area contributed by atoms with Crippen molar-refractivity contribution < 1.29 is 27.5 Å². The SMILES string of the molecule is COc1ccccc1NC(=O)CC(=O)Nc1ccc(C(F)(F)F)cc1. The number of rotatable bonds is 5. The van der Waals surface area contributed by atoms with Gasteiger partial charge in [0, 0.05) is 5.69 Å². The maximum absolute atomic E-state index is 12.5. The van der Waals surface area contributed by atoms with E-state index in [0.29, 0.717) is 11.4 Å². The summed E-state index contributed by atoms with van der Waals surface area (Å²) in [5.41, 5.74) is -0.236. The molecule has 0 saturated carbocycles. The fourth-order valence-electron chi connectivity index (χ4n) is 2.04. The predicted molar refractivity (Wildman–Crippen MR) is 86.3 cm³/mol. The number of anilines is 2. The van der Waals surface area contributed by atoms with Crippen LogP contribution in [-0.4, -0.2) is 18.9 Å². The van der Waals surface area contributed by atoms with E-state index < -0.39 is 30.0 Å². The number of benzene rings is 2. The van der Waals surface area contributed by atoms with Crippen molar-refractivity contribution in [2.24, 2.45) is 0 Å². The number of para-hydroxylation sites is 2. The van der Waals surface area contributed by atoms with E-state index in [4.69, 9.17) is 4.74 Å². The standard InChI is InChI=1S/C17H15F3N2O3/c1-25-14-5-3-2-4-13(14)22-16(24)10-15(23)21-12-8-6-11(7-9-12)17(18,19)20/h2-9H,10H2,1H3,(H,21,23)(H,22,24). The Balaban J connectivity index is 1.92. The minimum absolute atomic E-state index is 0.170. The first-order chi connectivity index (χ1) is 11.8. The minimum Gasteiger partial charge on any atom is -0.495 e. The lowest BCUT2D eigenvalue weighted by molar-refractivity contribution is -0.137. The molecule has 0 unspecified atom stereocenters. The first-order valence-electron chi connectivity index (χ1n) is 7.19. The molecule has 0 aliphatic carbocycles. The Hall–Kier alpha value is -3.03. The molecule has 5 nitrogen and oxygen atoms in total. The van der Waals surface area contributed by atoms with E-state index in [0.717, 1.165) is 24.3 Å². The molecule has 0 radical (unpaired) electrons. The lowest BCUT2D eigenvalue weighted by Crippen LogP contribution is -2.21. The number of nitrogens with one attached hydrogen (secondary N) is 2. The summed E-state index contributed by atoms with van der Waals surface area (Å²) in [6.45, 7) is 0. The van der Waals surface area contributed by atoms with Crippen LogP contribution < -0.4 is 15.4 Å². The molecule has 0 bridgehead atoms. The maximum Gasteiger partial charge on any atom is 0.416 e. The highest BCUT2D eigenvalue weighted by Gasteiger charge is 2.30. The van der Waals surface area contributed by atoms with Crippen LogP contribution in [0, 0.1) is 0 Å². The van der Waals surface area contributed by atoms with Gasteiger partial charge in [-0.3, -0.25) is 9.59 Å². The van der Waals surface area contributed by atoms with Crippen molar-refractivity contribution in [1.29, 1.82) is 0 Å². The molecule has 0 aliphatic heterocycles. The molecular weight excluding hydrogens is 337 g/mol. The normalized spacial score (nSPS) is 10.9. The molecule has 2 rings (SSSR count). The maximum atomic E-state index is 12.5. The van der Waals surface area contributed by atoms with Crippen LogP contribution in [0.4, 0.5) is 24.5 Å². The van der Waals surface area contributed by atoms with Gasteiger partial charge in [0.05, 0.1) is 18.4 Å². The highest BCUT2D eigenvalue weighted by Crippen LogP contribution is 2.29. The minimum atomic E-state index is -4.45. The van der Waals surface area contributed by atoms with Crippen molar-refractivity contribution in [3.8, 4) is 5.75 Å². The highest BCUT2D eigenvalue weighted by atomic mass is 19.4. The van der Waals surface area contributed by atoms with Crippen molar-refractivity contribution in [3.63, 3.8) is 0 Å². The Morgan fingerprint density at radius 1 is 0.960 bits per heavy atom. The van der Waals surface area contributed by atoms with Crippen molar-refractivity contribution in [2.45, 2.75) is 12.6 Å². The molecule has 2 aromatic carbocycles. The smallest absolute Gasteiger partial charge is 0.416 e. The Labute approximate surface area is 141 Å². The number of alkyl halides is 3. The first-order valence-corrected chi connectivity index (χ1v) is 7.19. The molecule has 0 saturated heterocycles. The number of hydrogen-bond acceptors (Lipinski definition) is 3. The summed E-state index contributed by atoms with van der Waals surface area (Å²) in [6.07, 6.45) is -4.93. The van der Waals surface area contributed by atoms with Crippen molar-refractivity contribution >= 4 is 23.2 Å². The van der Waals surface area contributed by atoms with Gasteiger partial charge in [0.1, 0.15) is 12.2 Å². The van der Waals surface area contributed by atoms with E-state index in [1.807, 2.05) is 0 Å². The molecule has 0 spiro atoms. The first kappa shape index (κ1) is 18.3. The quantitative estimate of drug-likeness (QED) is 0.807. The van der Waals surface area contributed by atoms with Gasteiger partial charge < -0.3 is 15.4 Å². The van der Waals surface area contributed by atoms with Crippen LogP contribution in [0.15, 0.2) is 48.5 Å². The van der Waals surface area contributed by atoms with Crippen molar-refractivity contribution in [3.05, 3.63) is 54.1 Å². The van der Waals surface area contributed by atoms with E-state index >= 15 is 0 Å². The average molecular weight is 352 g/mol. The van der Waals surface area contributed by atoms with E-state index in [2.05, 4.69) is 10.6 Å². The van der Waals surface area contributed by atoms with Crippen LogP contribution in [-0.2, 0) is 15.8 Å². The van der Waals surface area contributed by atoms with E-state index in [9.17, 15) is 22.8 Å². The summed E-state index contributed by atoms with van der Waals surface area (Å²) in [6, 6.07) is 10.6. The zero-order chi connectivity index (χ0) is 18.4. The highest BCUT2D eigenvalue weighted by molar-refractivity contribution is 6.08. The topological polar surface area (TPSA) is 67.4 Å². The summed E-state index contributed by atoms with van der Waals surface area (Å²) >= 11 is 0. The predicted octanol–water partition coefficient (Wildman–Crippen LogP) is 3.68. The third kappa shape index (κ3) is 5.23. The van der Waals surface area contributed by atoms with Crippen LogP contribution in [0.1, 0.15) is 12.0 Å². The molecule has 132 valence electrons. The van der Waals surface area contributed by atoms with Gasteiger partial charge in [0.15, 0.2) is 0 Å². The number of halogens is 3. The molecule has 2 amide bonds. The molecule has 25 heavy (non-hydrogen) atoms. The van der Waals surface area contributed by atoms with Gasteiger partial charge in [-0.15, -0.1) is 0 Å². The molecule has 0 atom stereocenters. The van der Waals surface area contributed by atoms with Crippen LogP contribution in [0.3, 0.4) is 0 Å². The third-order valence-corrected chi connectivity index (χ3v) is 3.20.